The van der Waals surface area contributed by atoms with E-state index < -0.39 is 0 Å². The molecule has 1 nitrogen and oxygen atoms in total. The quantitative estimate of drug-likeness (QED) is 0.124. The number of fused-ring (bicyclic) bond motifs is 8. The molecule has 0 atom stereocenters. The third kappa shape index (κ3) is 5.70. The first-order valence-corrected chi connectivity index (χ1v) is 24.6. The summed E-state index contributed by atoms with van der Waals surface area (Å²) in [6.45, 7) is 2.30. The van der Waals surface area contributed by atoms with Gasteiger partial charge >= 0.3 is 0 Å². The predicted octanol–water partition coefficient (Wildman–Crippen LogP) is 19.8. The molecule has 0 aliphatic rings. The van der Waals surface area contributed by atoms with E-state index in [1.165, 1.54) is 130 Å². The van der Waals surface area contributed by atoms with E-state index >= 15 is 0 Å². The molecule has 15 rings (SSSR count). The molecule has 0 amide bonds. The molecular weight excluding hydrogens is 853 g/mol. The van der Waals surface area contributed by atoms with Crippen LogP contribution in [0.2, 0.25) is 0 Å². The van der Waals surface area contributed by atoms with Crippen molar-refractivity contribution < 1.29 is 4.42 Å². The molecule has 2 aromatic heterocycles. The van der Waals surface area contributed by atoms with Crippen LogP contribution < -0.4 is 0 Å². The highest BCUT2D eigenvalue weighted by Crippen LogP contribution is 2.50. The summed E-state index contributed by atoms with van der Waals surface area (Å²) in [6, 6.07) is 83.6. The number of hydrogen-bond donors (Lipinski definition) is 0. The summed E-state index contributed by atoms with van der Waals surface area (Å²) in [6.07, 6.45) is 0. The summed E-state index contributed by atoms with van der Waals surface area (Å²) in [5.74, 6) is 0. The zero-order valence-electron chi connectivity index (χ0n) is 37.7. The van der Waals surface area contributed by atoms with Crippen LogP contribution in [0.5, 0.6) is 0 Å². The van der Waals surface area contributed by atoms with E-state index in [4.69, 9.17) is 4.42 Å². The number of para-hydroxylation sites is 1. The first kappa shape index (κ1) is 38.5. The molecule has 0 N–H and O–H groups in total. The van der Waals surface area contributed by atoms with E-state index in [2.05, 4.69) is 225 Å². The summed E-state index contributed by atoms with van der Waals surface area (Å²) in [7, 11) is 0. The largest absolute Gasteiger partial charge is 0.456 e. The summed E-state index contributed by atoms with van der Waals surface area (Å²) in [5.41, 5.74) is 15.3. The van der Waals surface area contributed by atoms with Gasteiger partial charge in [0.1, 0.15) is 11.2 Å². The second-order valence-electron chi connectivity index (χ2n) is 18.7. The van der Waals surface area contributed by atoms with Crippen molar-refractivity contribution in [1.29, 1.82) is 0 Å². The topological polar surface area (TPSA) is 13.1 Å². The van der Waals surface area contributed by atoms with Crippen LogP contribution in [0.25, 0.3) is 152 Å². The van der Waals surface area contributed by atoms with Gasteiger partial charge in [-0.3, -0.25) is 0 Å². The molecule has 0 saturated carbocycles. The molecule has 2 heteroatoms. The maximum atomic E-state index is 6.33. The predicted molar refractivity (Wildman–Crippen MR) is 297 cm³/mol. The van der Waals surface area contributed by atoms with E-state index in [1.54, 1.807) is 0 Å². The van der Waals surface area contributed by atoms with Gasteiger partial charge in [-0.1, -0.05) is 182 Å². The number of thiophene rings is 1. The molecule has 15 aromatic rings. The summed E-state index contributed by atoms with van der Waals surface area (Å²) >= 11 is 1.86. The van der Waals surface area contributed by atoms with Gasteiger partial charge in [-0.2, -0.15) is 0 Å². The van der Waals surface area contributed by atoms with Crippen molar-refractivity contribution >= 4 is 107 Å². The average Bonchev–Trinajstić information content (AvgIpc) is 3.97. The molecule has 0 bridgehead atoms. The Balaban J connectivity index is 0.962. The highest BCUT2D eigenvalue weighted by Gasteiger charge is 2.23. The maximum Gasteiger partial charge on any atom is 0.135 e. The second kappa shape index (κ2) is 14.7. The van der Waals surface area contributed by atoms with Gasteiger partial charge in [0.05, 0.1) is 0 Å². The molecule has 0 saturated heterocycles. The molecule has 13 aromatic carbocycles. The third-order valence-corrected chi connectivity index (χ3v) is 16.1. The highest BCUT2D eigenvalue weighted by molar-refractivity contribution is 7.25. The van der Waals surface area contributed by atoms with E-state index in [1.807, 2.05) is 17.4 Å². The highest BCUT2D eigenvalue weighted by atomic mass is 32.1. The Kier molecular flexibility index (Phi) is 8.22. The molecule has 0 spiro atoms. The van der Waals surface area contributed by atoms with Gasteiger partial charge in [-0.25, -0.2) is 0 Å². The standard InChI is InChI=1S/C67H40OS/c1-39-35-45(64-47(42-30-33-60-56(36-42)49-16-6-8-25-59(49)68-60)22-12-23-48(64)43-31-34-62-57(37-43)50-17-7-9-26-61(50)69-62)29-32-46(39)66-51-18-2-4-20-53(51)67(54-21-5-3-19-52(54)66)58-38-44-15-10-13-40-27-28-41-14-11-24-55(58)65(41)63(40)44/h2-38H,1H3. The van der Waals surface area contributed by atoms with Crippen LogP contribution in [0.1, 0.15) is 5.56 Å². The van der Waals surface area contributed by atoms with E-state index in [0.29, 0.717) is 0 Å². The zero-order valence-corrected chi connectivity index (χ0v) is 38.5. The van der Waals surface area contributed by atoms with Crippen molar-refractivity contribution in [1.82, 2.24) is 0 Å². The first-order valence-electron chi connectivity index (χ1n) is 23.8. The minimum absolute atomic E-state index is 0.900. The fourth-order valence-corrected chi connectivity index (χ4v) is 13.0. The Hall–Kier alpha value is -8.56. The van der Waals surface area contributed by atoms with Gasteiger partial charge in [-0.15, -0.1) is 11.3 Å². The van der Waals surface area contributed by atoms with Crippen LogP contribution in [-0.4, -0.2) is 0 Å². The number of furan rings is 1. The molecule has 0 unspecified atom stereocenters. The van der Waals surface area contributed by atoms with E-state index in [9.17, 15) is 0 Å². The van der Waals surface area contributed by atoms with Crippen LogP contribution in [0, 0.1) is 6.92 Å². The maximum absolute atomic E-state index is 6.33. The molecule has 2 heterocycles. The number of hydrogen-bond acceptors (Lipinski definition) is 2. The fraction of sp³-hybridized carbons (Fsp3) is 0.0149. The molecule has 69 heavy (non-hydrogen) atoms. The monoisotopic (exact) mass is 892 g/mol. The lowest BCUT2D eigenvalue weighted by Gasteiger charge is -2.22. The van der Waals surface area contributed by atoms with Gasteiger partial charge in [0.2, 0.25) is 0 Å². The third-order valence-electron chi connectivity index (χ3n) is 14.9. The first-order chi connectivity index (χ1) is 34.1. The molecule has 320 valence electrons. The van der Waals surface area contributed by atoms with Crippen molar-refractivity contribution in [3.63, 3.8) is 0 Å². The van der Waals surface area contributed by atoms with E-state index in [0.717, 1.165) is 27.5 Å². The minimum atomic E-state index is 0.900. The van der Waals surface area contributed by atoms with Gasteiger partial charge in [0.25, 0.3) is 0 Å². The Labute approximate surface area is 402 Å². The van der Waals surface area contributed by atoms with Crippen molar-refractivity contribution in [3.8, 4) is 55.6 Å². The Bertz CT molecular complexity index is 4430. The van der Waals surface area contributed by atoms with Crippen molar-refractivity contribution in [2.24, 2.45) is 0 Å². The van der Waals surface area contributed by atoms with Gasteiger partial charge in [-0.05, 0) is 164 Å². The zero-order chi connectivity index (χ0) is 45.3. The van der Waals surface area contributed by atoms with Crippen LogP contribution >= 0.6 is 11.3 Å². The smallest absolute Gasteiger partial charge is 0.135 e. The minimum Gasteiger partial charge on any atom is -0.456 e. The van der Waals surface area contributed by atoms with Crippen LogP contribution in [0.4, 0.5) is 0 Å². The lowest BCUT2D eigenvalue weighted by molar-refractivity contribution is 0.669. The lowest BCUT2D eigenvalue weighted by atomic mass is 9.81. The van der Waals surface area contributed by atoms with Crippen molar-refractivity contribution in [3.05, 3.63) is 230 Å². The molecule has 0 aliphatic carbocycles. The van der Waals surface area contributed by atoms with Gasteiger partial charge in [0.15, 0.2) is 0 Å². The van der Waals surface area contributed by atoms with Crippen LogP contribution in [0.3, 0.4) is 0 Å². The average molecular weight is 893 g/mol. The molecule has 0 aliphatic heterocycles. The fourth-order valence-electron chi connectivity index (χ4n) is 11.9. The summed E-state index contributed by atoms with van der Waals surface area (Å²) in [5, 5.41) is 17.7. The van der Waals surface area contributed by atoms with Crippen molar-refractivity contribution in [2.45, 2.75) is 6.92 Å². The molecule has 0 fully saturated rings. The van der Waals surface area contributed by atoms with Crippen molar-refractivity contribution in [2.75, 3.05) is 0 Å². The number of aryl methyl sites for hydroxylation is 1. The van der Waals surface area contributed by atoms with Crippen LogP contribution in [0.15, 0.2) is 229 Å². The Morgan fingerprint density at radius 3 is 1.57 bits per heavy atom. The normalized spacial score (nSPS) is 12.1. The Morgan fingerprint density at radius 2 is 0.826 bits per heavy atom. The Morgan fingerprint density at radius 1 is 0.290 bits per heavy atom. The van der Waals surface area contributed by atoms with E-state index in [-0.39, 0.29) is 0 Å². The summed E-state index contributed by atoms with van der Waals surface area (Å²) in [4.78, 5) is 0. The van der Waals surface area contributed by atoms with Gasteiger partial charge < -0.3 is 4.42 Å². The number of benzene rings is 13. The van der Waals surface area contributed by atoms with Crippen LogP contribution in [-0.2, 0) is 0 Å². The lowest BCUT2D eigenvalue weighted by Crippen LogP contribution is -1.95. The second-order valence-corrected chi connectivity index (χ2v) is 19.8. The summed E-state index contributed by atoms with van der Waals surface area (Å²) < 4.78 is 8.95. The SMILES string of the molecule is Cc1cc(-c2c(-c3ccc4oc5ccccc5c4c3)cccc2-c2ccc3sc4ccccc4c3c2)ccc1-c1c2ccccc2c(-c2cc3cccc4ccc5cccc2c5c43)c2ccccc12. The number of rotatable bonds is 5. The molecule has 0 radical (unpaired) electrons. The van der Waals surface area contributed by atoms with Gasteiger partial charge in [0, 0.05) is 30.9 Å². The molecular formula is C67H40OS.